The monoisotopic (exact) mass is 216 g/mol. The number of aromatic hydroxyl groups is 1. The van der Waals surface area contributed by atoms with Gasteiger partial charge in [0.05, 0.1) is 6.61 Å². The summed E-state index contributed by atoms with van der Waals surface area (Å²) in [5, 5.41) is 18.5. The largest absolute Gasteiger partial charge is 0.504 e. The Morgan fingerprint density at radius 1 is 1.00 bits per heavy atom. The topological polar surface area (TPSA) is 49.7 Å². The molecule has 0 fully saturated rings. The summed E-state index contributed by atoms with van der Waals surface area (Å²) in [7, 11) is 0. The average molecular weight is 216 g/mol. The number of hydrogen-bond donors (Lipinski definition) is 2. The molecule has 0 radical (unpaired) electrons. The van der Waals surface area contributed by atoms with Crippen LogP contribution in [0, 0.1) is 0 Å². The summed E-state index contributed by atoms with van der Waals surface area (Å²) in [4.78, 5) is 0. The Labute approximate surface area is 93.6 Å². The second kappa shape index (κ2) is 4.68. The molecule has 0 aliphatic carbocycles. The fourth-order valence-electron chi connectivity index (χ4n) is 1.36. The van der Waals surface area contributed by atoms with E-state index in [1.165, 1.54) is 6.07 Å². The van der Waals surface area contributed by atoms with E-state index < -0.39 is 0 Å². The Hall–Kier alpha value is -2.00. The van der Waals surface area contributed by atoms with Crippen LogP contribution in [-0.4, -0.2) is 10.2 Å². The van der Waals surface area contributed by atoms with Gasteiger partial charge in [-0.2, -0.15) is 0 Å². The van der Waals surface area contributed by atoms with Crippen LogP contribution in [-0.2, 0) is 6.61 Å². The first-order valence-corrected chi connectivity index (χ1v) is 4.95. The molecule has 0 saturated heterocycles. The normalized spacial score (nSPS) is 10.1. The molecule has 2 N–H and O–H groups in total. The van der Waals surface area contributed by atoms with Crippen LogP contribution in [0.5, 0.6) is 17.2 Å². The lowest BCUT2D eigenvalue weighted by Gasteiger charge is -2.08. The number of phenolic OH excluding ortho intramolecular Hbond substituents is 1. The zero-order chi connectivity index (χ0) is 11.4. The molecule has 2 aromatic rings. The molecule has 3 nitrogen and oxygen atoms in total. The minimum Gasteiger partial charge on any atom is -0.504 e. The van der Waals surface area contributed by atoms with Crippen LogP contribution in [0.25, 0.3) is 0 Å². The first kappa shape index (κ1) is 10.5. The second-order valence-corrected chi connectivity index (χ2v) is 3.38. The number of phenols is 1. The fourth-order valence-corrected chi connectivity index (χ4v) is 1.36. The lowest BCUT2D eigenvalue weighted by Crippen LogP contribution is -1.87. The number of hydrogen-bond acceptors (Lipinski definition) is 3. The van der Waals surface area contributed by atoms with Crippen molar-refractivity contribution in [3.8, 4) is 17.2 Å². The van der Waals surface area contributed by atoms with Gasteiger partial charge in [0.15, 0.2) is 11.5 Å². The molecule has 82 valence electrons. The van der Waals surface area contributed by atoms with Crippen LogP contribution in [0.3, 0.4) is 0 Å². The van der Waals surface area contributed by atoms with Crippen molar-refractivity contribution in [2.45, 2.75) is 6.61 Å². The van der Waals surface area contributed by atoms with E-state index in [4.69, 9.17) is 9.84 Å². The molecule has 0 aromatic heterocycles. The van der Waals surface area contributed by atoms with Crippen molar-refractivity contribution >= 4 is 0 Å². The predicted molar refractivity (Wildman–Crippen MR) is 60.5 cm³/mol. The predicted octanol–water partition coefficient (Wildman–Crippen LogP) is 2.68. The van der Waals surface area contributed by atoms with Gasteiger partial charge >= 0.3 is 0 Å². The zero-order valence-electron chi connectivity index (χ0n) is 8.63. The van der Waals surface area contributed by atoms with Crippen LogP contribution in [0.2, 0.25) is 0 Å². The summed E-state index contributed by atoms with van der Waals surface area (Å²) in [6.07, 6.45) is 0. The molecule has 16 heavy (non-hydrogen) atoms. The first-order valence-electron chi connectivity index (χ1n) is 4.95. The molecule has 0 aliphatic heterocycles. The Bertz CT molecular complexity index is 466. The van der Waals surface area contributed by atoms with E-state index >= 15 is 0 Å². The van der Waals surface area contributed by atoms with Gasteiger partial charge in [-0.15, -0.1) is 0 Å². The maximum absolute atomic E-state index is 9.65. The van der Waals surface area contributed by atoms with Crippen molar-refractivity contribution in [1.82, 2.24) is 0 Å². The van der Waals surface area contributed by atoms with Gasteiger partial charge in [-0.1, -0.05) is 24.3 Å². The molecule has 0 spiro atoms. The van der Waals surface area contributed by atoms with Gasteiger partial charge in [0, 0.05) is 0 Å². The van der Waals surface area contributed by atoms with Crippen molar-refractivity contribution in [1.29, 1.82) is 0 Å². The van der Waals surface area contributed by atoms with Crippen molar-refractivity contribution < 1.29 is 14.9 Å². The highest BCUT2D eigenvalue weighted by Gasteiger charge is 2.04. The minimum atomic E-state index is -0.0980. The first-order chi connectivity index (χ1) is 7.79. The summed E-state index contributed by atoms with van der Waals surface area (Å²) in [5.41, 5.74) is 0.651. The van der Waals surface area contributed by atoms with E-state index in [2.05, 4.69) is 0 Å². The number of ether oxygens (including phenoxy) is 1. The highest BCUT2D eigenvalue weighted by atomic mass is 16.5. The number of benzene rings is 2. The average Bonchev–Trinajstić information content (AvgIpc) is 2.33. The molecule has 0 saturated carbocycles. The van der Waals surface area contributed by atoms with Gasteiger partial charge in [0.1, 0.15) is 5.75 Å². The summed E-state index contributed by atoms with van der Waals surface area (Å²) < 4.78 is 5.48. The van der Waals surface area contributed by atoms with Crippen LogP contribution in [0.15, 0.2) is 48.5 Å². The standard InChI is InChI=1S/C13H12O3/c14-9-10-6-7-13(12(15)8-10)16-11-4-2-1-3-5-11/h1-8,14-15H,9H2. The van der Waals surface area contributed by atoms with E-state index in [-0.39, 0.29) is 12.4 Å². The Kier molecular flexibility index (Phi) is 3.08. The minimum absolute atomic E-state index is 0.0235. The molecule has 2 rings (SSSR count). The molecular formula is C13H12O3. The van der Waals surface area contributed by atoms with Crippen LogP contribution >= 0.6 is 0 Å². The maximum atomic E-state index is 9.65. The van der Waals surface area contributed by atoms with Gasteiger partial charge in [-0.25, -0.2) is 0 Å². The molecule has 0 atom stereocenters. The van der Waals surface area contributed by atoms with E-state index in [1.807, 2.05) is 18.2 Å². The number of aliphatic hydroxyl groups excluding tert-OH is 1. The molecule has 2 aromatic carbocycles. The van der Waals surface area contributed by atoms with E-state index in [1.54, 1.807) is 24.3 Å². The third-order valence-corrected chi connectivity index (χ3v) is 2.18. The number of aliphatic hydroxyl groups is 1. The smallest absolute Gasteiger partial charge is 0.169 e. The maximum Gasteiger partial charge on any atom is 0.169 e. The zero-order valence-corrected chi connectivity index (χ0v) is 8.63. The molecular weight excluding hydrogens is 204 g/mol. The SMILES string of the molecule is OCc1ccc(Oc2ccccc2)c(O)c1. The molecule has 0 heterocycles. The lowest BCUT2D eigenvalue weighted by atomic mass is 10.2. The summed E-state index contributed by atoms with van der Waals surface area (Å²) in [6.45, 7) is -0.0980. The van der Waals surface area contributed by atoms with Crippen molar-refractivity contribution in [2.75, 3.05) is 0 Å². The molecule has 3 heteroatoms. The van der Waals surface area contributed by atoms with Crippen LogP contribution in [0.1, 0.15) is 5.56 Å². The van der Waals surface area contributed by atoms with Crippen molar-refractivity contribution in [3.05, 3.63) is 54.1 Å². The van der Waals surface area contributed by atoms with E-state index in [9.17, 15) is 5.11 Å². The quantitative estimate of drug-likeness (QED) is 0.829. The number of para-hydroxylation sites is 1. The van der Waals surface area contributed by atoms with E-state index in [0.717, 1.165) is 0 Å². The van der Waals surface area contributed by atoms with Crippen molar-refractivity contribution in [2.24, 2.45) is 0 Å². The fraction of sp³-hybridized carbons (Fsp3) is 0.0769. The Balaban J connectivity index is 2.22. The second-order valence-electron chi connectivity index (χ2n) is 3.38. The third-order valence-electron chi connectivity index (χ3n) is 2.18. The van der Waals surface area contributed by atoms with Gasteiger partial charge in [0.25, 0.3) is 0 Å². The molecule has 0 unspecified atom stereocenters. The van der Waals surface area contributed by atoms with Crippen molar-refractivity contribution in [3.63, 3.8) is 0 Å². The van der Waals surface area contributed by atoms with Gasteiger partial charge in [-0.3, -0.25) is 0 Å². The third kappa shape index (κ3) is 2.32. The van der Waals surface area contributed by atoms with Crippen LogP contribution in [0.4, 0.5) is 0 Å². The van der Waals surface area contributed by atoms with Gasteiger partial charge in [0.2, 0.25) is 0 Å². The summed E-state index contributed by atoms with van der Waals surface area (Å²) >= 11 is 0. The van der Waals surface area contributed by atoms with E-state index in [0.29, 0.717) is 17.1 Å². The van der Waals surface area contributed by atoms with Gasteiger partial charge in [-0.05, 0) is 29.8 Å². The number of rotatable bonds is 3. The summed E-state index contributed by atoms with van der Waals surface area (Å²) in [6, 6.07) is 14.0. The highest BCUT2D eigenvalue weighted by Crippen LogP contribution is 2.31. The molecule has 0 aliphatic rings. The Morgan fingerprint density at radius 3 is 2.38 bits per heavy atom. The molecule has 0 amide bonds. The highest BCUT2D eigenvalue weighted by molar-refractivity contribution is 5.44. The molecule has 0 bridgehead atoms. The summed E-state index contributed by atoms with van der Waals surface area (Å²) in [5.74, 6) is 1.06. The Morgan fingerprint density at radius 2 is 1.75 bits per heavy atom. The van der Waals surface area contributed by atoms with Gasteiger partial charge < -0.3 is 14.9 Å². The van der Waals surface area contributed by atoms with Crippen LogP contribution < -0.4 is 4.74 Å². The lowest BCUT2D eigenvalue weighted by molar-refractivity contribution is 0.281.